The molecule has 0 aliphatic heterocycles. The Labute approximate surface area is 86.3 Å². The first-order valence-electron chi connectivity index (χ1n) is 5.23. The number of rotatable bonds is 7. The van der Waals surface area contributed by atoms with Crippen LogP contribution in [0.3, 0.4) is 0 Å². The lowest BCUT2D eigenvalue weighted by Gasteiger charge is -2.05. The number of carboxylic acid groups (broad SMARTS) is 1. The molecule has 1 N–H and O–H groups in total. The second-order valence-corrected chi connectivity index (χ2v) is 3.61. The molecule has 1 atom stereocenters. The lowest BCUT2D eigenvalue weighted by atomic mass is 10.0. The quantitative estimate of drug-likeness (QED) is 0.500. The van der Waals surface area contributed by atoms with Gasteiger partial charge in [-0.05, 0) is 12.3 Å². The summed E-state index contributed by atoms with van der Waals surface area (Å²) in [6, 6.07) is 0. The number of aliphatic carboxylic acids is 1. The number of carbonyl (C=O) groups is 1. The van der Waals surface area contributed by atoms with E-state index in [4.69, 9.17) is 5.11 Å². The monoisotopic (exact) mass is 196 g/mol. The average Bonchev–Trinajstić information content (AvgIpc) is 2.13. The summed E-state index contributed by atoms with van der Waals surface area (Å²) in [7, 11) is 0. The van der Waals surface area contributed by atoms with Crippen molar-refractivity contribution >= 4 is 5.97 Å². The molecule has 0 bridgehead atoms. The van der Waals surface area contributed by atoms with Crippen molar-refractivity contribution in [3.8, 4) is 0 Å². The molecule has 2 nitrogen and oxygen atoms in total. The van der Waals surface area contributed by atoms with Crippen molar-refractivity contribution in [2.75, 3.05) is 0 Å². The maximum Gasteiger partial charge on any atom is 0.328 e. The van der Waals surface area contributed by atoms with Crippen LogP contribution in [0.15, 0.2) is 24.3 Å². The molecule has 80 valence electrons. The van der Waals surface area contributed by atoms with Crippen LogP contribution in [0.1, 0.15) is 39.5 Å². The topological polar surface area (TPSA) is 37.3 Å². The van der Waals surface area contributed by atoms with Gasteiger partial charge in [-0.2, -0.15) is 0 Å². The van der Waals surface area contributed by atoms with Gasteiger partial charge in [-0.25, -0.2) is 4.79 Å². The first-order chi connectivity index (χ1) is 6.66. The van der Waals surface area contributed by atoms with Crippen molar-refractivity contribution < 1.29 is 9.90 Å². The molecule has 0 radical (unpaired) electrons. The van der Waals surface area contributed by atoms with Crippen molar-refractivity contribution in [1.82, 2.24) is 0 Å². The molecule has 14 heavy (non-hydrogen) atoms. The Morgan fingerprint density at radius 2 is 2.14 bits per heavy atom. The van der Waals surface area contributed by atoms with Crippen LogP contribution in [0, 0.1) is 5.92 Å². The third kappa shape index (κ3) is 9.04. The fourth-order valence-electron chi connectivity index (χ4n) is 1.20. The molecular formula is C12H20O2. The lowest BCUT2D eigenvalue weighted by Crippen LogP contribution is -1.91. The summed E-state index contributed by atoms with van der Waals surface area (Å²) in [6.45, 7) is 4.42. The molecule has 0 aliphatic rings. The first kappa shape index (κ1) is 12.9. The van der Waals surface area contributed by atoms with Crippen LogP contribution in [-0.2, 0) is 4.79 Å². The van der Waals surface area contributed by atoms with E-state index in [1.807, 2.05) is 6.08 Å². The van der Waals surface area contributed by atoms with Crippen LogP contribution in [0.5, 0.6) is 0 Å². The van der Waals surface area contributed by atoms with Gasteiger partial charge in [0.1, 0.15) is 0 Å². The Kier molecular flexibility index (Phi) is 7.90. The molecular weight excluding hydrogens is 176 g/mol. The Morgan fingerprint density at radius 1 is 1.43 bits per heavy atom. The number of allylic oxidation sites excluding steroid dienone is 3. The molecule has 0 aliphatic carbocycles. The minimum atomic E-state index is -0.895. The zero-order valence-corrected chi connectivity index (χ0v) is 9.07. The van der Waals surface area contributed by atoms with Crippen LogP contribution in [-0.4, -0.2) is 11.1 Å². The van der Waals surface area contributed by atoms with Crippen molar-refractivity contribution in [3.05, 3.63) is 24.3 Å². The highest BCUT2D eigenvalue weighted by molar-refractivity contribution is 5.80. The van der Waals surface area contributed by atoms with Gasteiger partial charge in [-0.15, -0.1) is 0 Å². The van der Waals surface area contributed by atoms with E-state index in [1.165, 1.54) is 19.3 Å². The second kappa shape index (κ2) is 8.54. The summed E-state index contributed by atoms with van der Waals surface area (Å²) in [5, 5.41) is 8.32. The van der Waals surface area contributed by atoms with Gasteiger partial charge < -0.3 is 5.11 Å². The molecule has 0 saturated heterocycles. The van der Waals surface area contributed by atoms with Gasteiger partial charge in [-0.1, -0.05) is 51.3 Å². The van der Waals surface area contributed by atoms with E-state index in [2.05, 4.69) is 13.8 Å². The zero-order chi connectivity index (χ0) is 10.8. The summed E-state index contributed by atoms with van der Waals surface area (Å²) in [6.07, 6.45) is 11.3. The van der Waals surface area contributed by atoms with Crippen LogP contribution >= 0.6 is 0 Å². The molecule has 0 aromatic rings. The van der Waals surface area contributed by atoms with E-state index < -0.39 is 5.97 Å². The first-order valence-corrected chi connectivity index (χ1v) is 5.23. The number of hydrogen-bond acceptors (Lipinski definition) is 1. The van der Waals surface area contributed by atoms with E-state index >= 15 is 0 Å². The SMILES string of the molecule is CCCCC(C)C/C=C/C=C/C(=O)O. The van der Waals surface area contributed by atoms with E-state index in [1.54, 1.807) is 12.2 Å². The fraction of sp³-hybridized carbons (Fsp3) is 0.583. The van der Waals surface area contributed by atoms with Crippen LogP contribution in [0.2, 0.25) is 0 Å². The lowest BCUT2D eigenvalue weighted by molar-refractivity contribution is -0.131. The fourth-order valence-corrected chi connectivity index (χ4v) is 1.20. The normalized spacial score (nSPS) is 13.9. The Bertz CT molecular complexity index is 204. The molecule has 0 saturated carbocycles. The average molecular weight is 196 g/mol. The molecule has 0 amide bonds. The van der Waals surface area contributed by atoms with Crippen molar-refractivity contribution in [1.29, 1.82) is 0 Å². The highest BCUT2D eigenvalue weighted by atomic mass is 16.4. The molecule has 0 rings (SSSR count). The van der Waals surface area contributed by atoms with Gasteiger partial charge in [0.15, 0.2) is 0 Å². The number of carboxylic acids is 1. The summed E-state index contributed by atoms with van der Waals surface area (Å²) in [5.74, 6) is -0.196. The summed E-state index contributed by atoms with van der Waals surface area (Å²) >= 11 is 0. The Hall–Kier alpha value is -1.05. The zero-order valence-electron chi connectivity index (χ0n) is 9.07. The molecule has 0 aromatic heterocycles. The van der Waals surface area contributed by atoms with Gasteiger partial charge in [0, 0.05) is 6.08 Å². The minimum Gasteiger partial charge on any atom is -0.478 e. The van der Waals surface area contributed by atoms with Gasteiger partial charge in [0.05, 0.1) is 0 Å². The smallest absolute Gasteiger partial charge is 0.328 e. The number of hydrogen-bond donors (Lipinski definition) is 1. The van der Waals surface area contributed by atoms with Crippen molar-refractivity contribution in [2.45, 2.75) is 39.5 Å². The molecule has 2 heteroatoms. The second-order valence-electron chi connectivity index (χ2n) is 3.61. The maximum atomic E-state index is 10.1. The highest BCUT2D eigenvalue weighted by Gasteiger charge is 1.96. The molecule has 0 spiro atoms. The molecule has 0 aromatic carbocycles. The highest BCUT2D eigenvalue weighted by Crippen LogP contribution is 2.11. The predicted molar refractivity (Wildman–Crippen MR) is 59.2 cm³/mol. The Morgan fingerprint density at radius 3 is 2.71 bits per heavy atom. The van der Waals surface area contributed by atoms with Crippen LogP contribution in [0.25, 0.3) is 0 Å². The van der Waals surface area contributed by atoms with Gasteiger partial charge in [-0.3, -0.25) is 0 Å². The van der Waals surface area contributed by atoms with Crippen molar-refractivity contribution in [3.63, 3.8) is 0 Å². The van der Waals surface area contributed by atoms with Crippen LogP contribution < -0.4 is 0 Å². The maximum absolute atomic E-state index is 10.1. The summed E-state index contributed by atoms with van der Waals surface area (Å²) in [4.78, 5) is 10.1. The van der Waals surface area contributed by atoms with Crippen molar-refractivity contribution in [2.24, 2.45) is 5.92 Å². The number of unbranched alkanes of at least 4 members (excludes halogenated alkanes) is 1. The largest absolute Gasteiger partial charge is 0.478 e. The standard InChI is InChI=1S/C12H20O2/c1-3-4-8-11(2)9-6-5-7-10-12(13)14/h5-7,10-11H,3-4,8-9H2,1-2H3,(H,13,14)/b6-5+,10-7+. The third-order valence-electron chi connectivity index (χ3n) is 2.07. The molecule has 0 heterocycles. The summed E-state index contributed by atoms with van der Waals surface area (Å²) in [5.41, 5.74) is 0. The summed E-state index contributed by atoms with van der Waals surface area (Å²) < 4.78 is 0. The van der Waals surface area contributed by atoms with Gasteiger partial charge in [0.2, 0.25) is 0 Å². The van der Waals surface area contributed by atoms with E-state index in [0.717, 1.165) is 12.5 Å². The Balaban J connectivity index is 3.55. The molecule has 1 unspecified atom stereocenters. The van der Waals surface area contributed by atoms with E-state index in [9.17, 15) is 4.79 Å². The third-order valence-corrected chi connectivity index (χ3v) is 2.07. The van der Waals surface area contributed by atoms with E-state index in [0.29, 0.717) is 5.92 Å². The predicted octanol–water partition coefficient (Wildman–Crippen LogP) is 3.40. The minimum absolute atomic E-state index is 0.699. The van der Waals surface area contributed by atoms with Gasteiger partial charge in [0.25, 0.3) is 0 Å². The van der Waals surface area contributed by atoms with Crippen LogP contribution in [0.4, 0.5) is 0 Å². The van der Waals surface area contributed by atoms with Gasteiger partial charge >= 0.3 is 5.97 Å². The van der Waals surface area contributed by atoms with E-state index in [-0.39, 0.29) is 0 Å². The molecule has 0 fully saturated rings.